The number of hydrogen-bond acceptors (Lipinski definition) is 4. The maximum Gasteiger partial charge on any atom is 0.226 e. The van der Waals surface area contributed by atoms with Gasteiger partial charge in [0.25, 0.3) is 0 Å². The molecule has 0 amide bonds. The normalized spacial score (nSPS) is 10.9. The number of aryl methyl sites for hydroxylation is 1. The highest BCUT2D eigenvalue weighted by Gasteiger charge is 2.11. The first-order valence-corrected chi connectivity index (χ1v) is 7.03. The van der Waals surface area contributed by atoms with Crippen LogP contribution in [0.15, 0.2) is 22.7 Å². The molecule has 0 radical (unpaired) electrons. The maximum absolute atomic E-state index is 13.8. The molecule has 0 aliphatic carbocycles. The van der Waals surface area contributed by atoms with Gasteiger partial charge in [-0.3, -0.25) is 0 Å². The highest BCUT2D eigenvalue weighted by atomic mass is 35.5. The van der Waals surface area contributed by atoms with Gasteiger partial charge < -0.3 is 10.3 Å². The Bertz CT molecular complexity index is 559. The van der Waals surface area contributed by atoms with Gasteiger partial charge in [-0.25, -0.2) is 4.39 Å². The molecular formula is C14H17ClFN3O. The van der Waals surface area contributed by atoms with Gasteiger partial charge in [0.15, 0.2) is 5.82 Å². The van der Waals surface area contributed by atoms with E-state index in [2.05, 4.69) is 10.1 Å². The zero-order chi connectivity index (χ0) is 14.4. The minimum atomic E-state index is -0.427. The van der Waals surface area contributed by atoms with Crippen molar-refractivity contribution in [3.05, 3.63) is 46.3 Å². The average Bonchev–Trinajstić information content (AvgIpc) is 2.88. The molecule has 0 saturated carbocycles. The van der Waals surface area contributed by atoms with Crippen LogP contribution in [0.1, 0.15) is 36.5 Å². The SMILES string of the molecule is NCCCCCc1nc(Cc2cccc(Cl)c2F)no1. The van der Waals surface area contributed by atoms with E-state index in [-0.39, 0.29) is 11.4 Å². The second-order valence-electron chi connectivity index (χ2n) is 4.59. The van der Waals surface area contributed by atoms with Crippen LogP contribution in [0, 0.1) is 5.82 Å². The van der Waals surface area contributed by atoms with E-state index in [0.29, 0.717) is 23.8 Å². The molecule has 2 aromatic rings. The second kappa shape index (κ2) is 7.36. The summed E-state index contributed by atoms with van der Waals surface area (Å²) in [6.45, 7) is 0.698. The fourth-order valence-corrected chi connectivity index (χ4v) is 2.11. The van der Waals surface area contributed by atoms with Gasteiger partial charge in [-0.05, 0) is 31.0 Å². The molecule has 0 bridgehead atoms. The number of hydrogen-bond donors (Lipinski definition) is 1. The molecule has 4 nitrogen and oxygen atoms in total. The number of unbranched alkanes of at least 4 members (excludes halogenated alkanes) is 2. The summed E-state index contributed by atoms with van der Waals surface area (Å²) in [5.41, 5.74) is 5.89. The lowest BCUT2D eigenvalue weighted by Gasteiger charge is -2.00. The molecule has 1 aromatic carbocycles. The zero-order valence-electron chi connectivity index (χ0n) is 11.1. The van der Waals surface area contributed by atoms with Crippen LogP contribution in [0.2, 0.25) is 5.02 Å². The highest BCUT2D eigenvalue weighted by Crippen LogP contribution is 2.19. The van der Waals surface area contributed by atoms with Crippen molar-refractivity contribution in [2.75, 3.05) is 6.54 Å². The quantitative estimate of drug-likeness (QED) is 0.797. The van der Waals surface area contributed by atoms with E-state index in [0.717, 1.165) is 25.7 Å². The van der Waals surface area contributed by atoms with E-state index < -0.39 is 5.82 Å². The lowest BCUT2D eigenvalue weighted by atomic mass is 10.1. The largest absolute Gasteiger partial charge is 0.339 e. The lowest BCUT2D eigenvalue weighted by Crippen LogP contribution is -1.98. The van der Waals surface area contributed by atoms with E-state index in [1.165, 1.54) is 6.07 Å². The zero-order valence-corrected chi connectivity index (χ0v) is 11.9. The highest BCUT2D eigenvalue weighted by molar-refractivity contribution is 6.30. The van der Waals surface area contributed by atoms with Gasteiger partial charge >= 0.3 is 0 Å². The third-order valence-electron chi connectivity index (χ3n) is 2.99. The molecular weight excluding hydrogens is 281 g/mol. The first kappa shape index (κ1) is 14.9. The van der Waals surface area contributed by atoms with Crippen molar-refractivity contribution in [3.63, 3.8) is 0 Å². The van der Waals surface area contributed by atoms with Crippen molar-refractivity contribution in [2.24, 2.45) is 5.73 Å². The molecule has 0 atom stereocenters. The topological polar surface area (TPSA) is 64.9 Å². The van der Waals surface area contributed by atoms with Gasteiger partial charge in [-0.1, -0.05) is 35.3 Å². The predicted molar refractivity (Wildman–Crippen MR) is 75.1 cm³/mol. The van der Waals surface area contributed by atoms with Crippen LogP contribution in [0.5, 0.6) is 0 Å². The molecule has 2 rings (SSSR count). The molecule has 20 heavy (non-hydrogen) atoms. The Kier molecular flexibility index (Phi) is 5.49. The Balaban J connectivity index is 1.94. The number of aromatic nitrogens is 2. The van der Waals surface area contributed by atoms with Crippen LogP contribution in [0.3, 0.4) is 0 Å². The van der Waals surface area contributed by atoms with Gasteiger partial charge in [0.05, 0.1) is 5.02 Å². The number of benzene rings is 1. The Hall–Kier alpha value is -1.46. The lowest BCUT2D eigenvalue weighted by molar-refractivity contribution is 0.369. The van der Waals surface area contributed by atoms with Crippen LogP contribution in [0.25, 0.3) is 0 Å². The molecule has 1 heterocycles. The summed E-state index contributed by atoms with van der Waals surface area (Å²) in [4.78, 5) is 4.26. The first-order chi connectivity index (χ1) is 9.70. The standard InChI is InChI=1S/C14H17ClFN3O/c15-11-6-4-5-10(14(11)16)9-12-18-13(20-19-12)7-2-1-3-8-17/h4-6H,1-3,7-9,17H2. The summed E-state index contributed by atoms with van der Waals surface area (Å²) < 4.78 is 18.9. The summed E-state index contributed by atoms with van der Waals surface area (Å²) in [6.07, 6.45) is 4.00. The first-order valence-electron chi connectivity index (χ1n) is 6.65. The fraction of sp³-hybridized carbons (Fsp3) is 0.429. The van der Waals surface area contributed by atoms with Gasteiger partial charge in [0.1, 0.15) is 5.82 Å². The smallest absolute Gasteiger partial charge is 0.226 e. The van der Waals surface area contributed by atoms with Crippen LogP contribution in [-0.2, 0) is 12.8 Å². The van der Waals surface area contributed by atoms with Crippen molar-refractivity contribution in [2.45, 2.75) is 32.1 Å². The molecule has 0 spiro atoms. The van der Waals surface area contributed by atoms with Gasteiger partial charge in [-0.2, -0.15) is 4.98 Å². The Morgan fingerprint density at radius 2 is 2.10 bits per heavy atom. The van der Waals surface area contributed by atoms with E-state index in [9.17, 15) is 4.39 Å². The van der Waals surface area contributed by atoms with Gasteiger partial charge in [0, 0.05) is 12.8 Å². The van der Waals surface area contributed by atoms with Crippen LogP contribution < -0.4 is 5.73 Å². The third kappa shape index (κ3) is 4.02. The third-order valence-corrected chi connectivity index (χ3v) is 3.28. The molecule has 1 aromatic heterocycles. The average molecular weight is 298 g/mol. The van der Waals surface area contributed by atoms with Crippen molar-refractivity contribution in [1.82, 2.24) is 10.1 Å². The molecule has 0 aliphatic rings. The Labute approximate surface area is 122 Å². The molecule has 0 saturated heterocycles. The van der Waals surface area contributed by atoms with E-state index >= 15 is 0 Å². The molecule has 0 fully saturated rings. The molecule has 0 aliphatic heterocycles. The van der Waals surface area contributed by atoms with Gasteiger partial charge in [-0.15, -0.1) is 0 Å². The van der Waals surface area contributed by atoms with Crippen LogP contribution in [-0.4, -0.2) is 16.7 Å². The van der Waals surface area contributed by atoms with Crippen molar-refractivity contribution in [1.29, 1.82) is 0 Å². The predicted octanol–water partition coefficient (Wildman–Crippen LogP) is 3.12. The van der Waals surface area contributed by atoms with E-state index in [1.807, 2.05) is 0 Å². The molecule has 6 heteroatoms. The summed E-state index contributed by atoms with van der Waals surface area (Å²) >= 11 is 5.73. The van der Waals surface area contributed by atoms with Crippen molar-refractivity contribution < 1.29 is 8.91 Å². The molecule has 0 unspecified atom stereocenters. The van der Waals surface area contributed by atoms with Crippen molar-refractivity contribution in [3.8, 4) is 0 Å². The Morgan fingerprint density at radius 3 is 2.90 bits per heavy atom. The fourth-order valence-electron chi connectivity index (χ4n) is 1.92. The minimum Gasteiger partial charge on any atom is -0.339 e. The number of rotatable bonds is 7. The molecule has 108 valence electrons. The number of halogens is 2. The van der Waals surface area contributed by atoms with E-state index in [4.69, 9.17) is 21.9 Å². The number of nitrogens with zero attached hydrogens (tertiary/aromatic N) is 2. The van der Waals surface area contributed by atoms with Crippen LogP contribution in [0.4, 0.5) is 4.39 Å². The monoisotopic (exact) mass is 297 g/mol. The maximum atomic E-state index is 13.8. The van der Waals surface area contributed by atoms with Crippen molar-refractivity contribution >= 4 is 11.6 Å². The second-order valence-corrected chi connectivity index (χ2v) is 5.00. The number of nitrogens with two attached hydrogens (primary N) is 1. The summed E-state index contributed by atoms with van der Waals surface area (Å²) in [5, 5.41) is 3.97. The summed E-state index contributed by atoms with van der Waals surface area (Å²) in [5.74, 6) is 0.628. The minimum absolute atomic E-state index is 0.105. The Morgan fingerprint density at radius 1 is 1.25 bits per heavy atom. The van der Waals surface area contributed by atoms with Gasteiger partial charge in [0.2, 0.25) is 5.89 Å². The summed E-state index contributed by atoms with van der Waals surface area (Å²) in [6, 6.07) is 4.88. The van der Waals surface area contributed by atoms with Crippen LogP contribution >= 0.6 is 11.6 Å². The summed E-state index contributed by atoms with van der Waals surface area (Å²) in [7, 11) is 0. The molecule has 2 N–H and O–H groups in total. The van der Waals surface area contributed by atoms with E-state index in [1.54, 1.807) is 12.1 Å².